The third-order valence-corrected chi connectivity index (χ3v) is 8.30. The first-order valence-corrected chi connectivity index (χ1v) is 19.8. The summed E-state index contributed by atoms with van der Waals surface area (Å²) < 4.78 is 10.6. The summed E-state index contributed by atoms with van der Waals surface area (Å²) in [4.78, 5) is 24.2. The van der Waals surface area contributed by atoms with Gasteiger partial charge in [0.25, 0.3) is 0 Å². The summed E-state index contributed by atoms with van der Waals surface area (Å²) in [5, 5.41) is 9.54. The standard InChI is InChI=1S/C43H74O5/c1-3-5-7-9-11-13-15-17-19-20-21-22-24-25-27-29-31-33-35-37-42(45)47-40-41(39-44)48-43(46)38-36-34-32-30-28-26-23-18-16-14-12-10-8-6-4-2/h6,8,12,14,17-19,23,28,30,41,44H,3-5,7,9-11,13,15-16,20-22,24-27,29,31-40H2,1-2H3/b8-6+,14-12+,19-17+,23-18+,30-28+/t41-/m0/s1. The molecule has 0 aromatic carbocycles. The molecule has 0 aliphatic rings. The topological polar surface area (TPSA) is 72.8 Å². The molecule has 0 unspecified atom stereocenters. The van der Waals surface area contributed by atoms with Gasteiger partial charge in [-0.2, -0.15) is 0 Å². The van der Waals surface area contributed by atoms with Crippen LogP contribution in [0.25, 0.3) is 0 Å². The van der Waals surface area contributed by atoms with Crippen LogP contribution in [0.15, 0.2) is 60.8 Å². The van der Waals surface area contributed by atoms with Crippen LogP contribution in [0.1, 0.15) is 181 Å². The fourth-order valence-corrected chi connectivity index (χ4v) is 5.30. The summed E-state index contributed by atoms with van der Waals surface area (Å²) in [5.74, 6) is -0.644. The number of esters is 2. The Bertz CT molecular complexity index is 853. The summed E-state index contributed by atoms with van der Waals surface area (Å²) >= 11 is 0. The number of carbonyl (C=O) groups is 2. The van der Waals surface area contributed by atoms with Gasteiger partial charge >= 0.3 is 11.9 Å². The number of aliphatic hydroxyl groups is 1. The molecule has 276 valence electrons. The summed E-state index contributed by atoms with van der Waals surface area (Å²) in [7, 11) is 0. The molecule has 0 rings (SSSR count). The first-order valence-electron chi connectivity index (χ1n) is 19.8. The lowest BCUT2D eigenvalue weighted by Crippen LogP contribution is -2.28. The van der Waals surface area contributed by atoms with Crippen molar-refractivity contribution in [1.82, 2.24) is 0 Å². The van der Waals surface area contributed by atoms with Gasteiger partial charge in [-0.15, -0.1) is 0 Å². The lowest BCUT2D eigenvalue weighted by molar-refractivity contribution is -0.161. The van der Waals surface area contributed by atoms with E-state index in [4.69, 9.17) is 9.47 Å². The molecule has 0 bridgehead atoms. The highest BCUT2D eigenvalue weighted by atomic mass is 16.6. The maximum Gasteiger partial charge on any atom is 0.306 e. The minimum absolute atomic E-state index is 0.0854. The highest BCUT2D eigenvalue weighted by Gasteiger charge is 2.16. The van der Waals surface area contributed by atoms with Crippen LogP contribution >= 0.6 is 0 Å². The quantitative estimate of drug-likeness (QED) is 0.0413. The monoisotopic (exact) mass is 671 g/mol. The molecule has 0 amide bonds. The Kier molecular flexibility index (Phi) is 37.1. The number of carbonyl (C=O) groups excluding carboxylic acids is 2. The molecular formula is C43H74O5. The molecule has 5 heteroatoms. The second-order valence-electron chi connectivity index (χ2n) is 13.0. The number of ether oxygens (including phenoxy) is 2. The van der Waals surface area contributed by atoms with Gasteiger partial charge in [0.1, 0.15) is 6.61 Å². The average molecular weight is 671 g/mol. The van der Waals surface area contributed by atoms with Crippen LogP contribution < -0.4 is 0 Å². The third-order valence-electron chi connectivity index (χ3n) is 8.30. The SMILES string of the molecule is CC/C=C/C/C=C/C/C=C/C/C=C/CCCCC(=O)O[C@@H](CO)COC(=O)CCCCCCCCCCC/C=C/CCCCCCCC. The Hall–Kier alpha value is -2.40. The molecule has 1 N–H and O–H groups in total. The van der Waals surface area contributed by atoms with Crippen LogP contribution in [-0.4, -0.2) is 36.4 Å². The number of hydrogen-bond acceptors (Lipinski definition) is 5. The highest BCUT2D eigenvalue weighted by Crippen LogP contribution is 2.13. The van der Waals surface area contributed by atoms with Crippen LogP contribution in [0.4, 0.5) is 0 Å². The Balaban J connectivity index is 3.61. The highest BCUT2D eigenvalue weighted by molar-refractivity contribution is 5.70. The molecule has 0 spiro atoms. The lowest BCUT2D eigenvalue weighted by Gasteiger charge is -2.15. The normalized spacial score (nSPS) is 12.8. The van der Waals surface area contributed by atoms with E-state index in [9.17, 15) is 14.7 Å². The Morgan fingerprint density at radius 2 is 0.896 bits per heavy atom. The Morgan fingerprint density at radius 1 is 0.500 bits per heavy atom. The number of hydrogen-bond donors (Lipinski definition) is 1. The molecule has 0 radical (unpaired) electrons. The van der Waals surface area contributed by atoms with E-state index in [-0.39, 0.29) is 25.2 Å². The van der Waals surface area contributed by atoms with E-state index >= 15 is 0 Å². The van der Waals surface area contributed by atoms with Crippen LogP contribution in [0.3, 0.4) is 0 Å². The molecule has 1 atom stereocenters. The molecule has 0 aromatic rings. The fourth-order valence-electron chi connectivity index (χ4n) is 5.30. The fraction of sp³-hybridized carbons (Fsp3) is 0.721. The van der Waals surface area contributed by atoms with Gasteiger partial charge in [-0.1, -0.05) is 152 Å². The minimum atomic E-state index is -0.795. The van der Waals surface area contributed by atoms with Crippen molar-refractivity contribution in [3.63, 3.8) is 0 Å². The van der Waals surface area contributed by atoms with Crippen LogP contribution in [0.5, 0.6) is 0 Å². The number of unbranched alkanes of at least 4 members (excludes halogenated alkanes) is 17. The van der Waals surface area contributed by atoms with Crippen molar-refractivity contribution in [3.05, 3.63) is 60.8 Å². The first kappa shape index (κ1) is 45.6. The molecule has 0 saturated carbocycles. The van der Waals surface area contributed by atoms with Crippen molar-refractivity contribution < 1.29 is 24.2 Å². The number of aliphatic hydroxyl groups excluding tert-OH is 1. The van der Waals surface area contributed by atoms with Crippen LogP contribution in [0.2, 0.25) is 0 Å². The molecule has 5 nitrogen and oxygen atoms in total. The van der Waals surface area contributed by atoms with Crippen molar-refractivity contribution in [2.45, 2.75) is 187 Å². The van der Waals surface area contributed by atoms with Gasteiger partial charge in [0.15, 0.2) is 6.10 Å². The van der Waals surface area contributed by atoms with E-state index in [1.54, 1.807) is 0 Å². The molecule has 48 heavy (non-hydrogen) atoms. The maximum absolute atomic E-state index is 12.1. The van der Waals surface area contributed by atoms with Gasteiger partial charge in [0.05, 0.1) is 6.61 Å². The summed E-state index contributed by atoms with van der Waals surface area (Å²) in [6, 6.07) is 0. The zero-order valence-corrected chi connectivity index (χ0v) is 31.2. The van der Waals surface area contributed by atoms with Crippen LogP contribution in [-0.2, 0) is 19.1 Å². The average Bonchev–Trinajstić information content (AvgIpc) is 3.09. The van der Waals surface area contributed by atoms with E-state index in [1.807, 2.05) is 0 Å². The van der Waals surface area contributed by atoms with Crippen molar-refractivity contribution >= 4 is 11.9 Å². The molecule has 0 aliphatic carbocycles. The Morgan fingerprint density at radius 3 is 1.42 bits per heavy atom. The van der Waals surface area contributed by atoms with E-state index in [0.717, 1.165) is 64.2 Å². The molecule has 0 saturated heterocycles. The van der Waals surface area contributed by atoms with Gasteiger partial charge in [-0.25, -0.2) is 0 Å². The first-order chi connectivity index (χ1) is 23.6. The summed E-state index contributed by atoms with van der Waals surface area (Å²) in [6.45, 7) is 3.98. The van der Waals surface area contributed by atoms with E-state index in [1.165, 1.54) is 89.9 Å². The number of rotatable bonds is 35. The molecule has 0 heterocycles. The van der Waals surface area contributed by atoms with Gasteiger partial charge in [-0.05, 0) is 77.0 Å². The maximum atomic E-state index is 12.1. The van der Waals surface area contributed by atoms with E-state index in [0.29, 0.717) is 12.8 Å². The second kappa shape index (κ2) is 39.0. The van der Waals surface area contributed by atoms with E-state index in [2.05, 4.69) is 74.6 Å². The summed E-state index contributed by atoms with van der Waals surface area (Å²) in [6.07, 6.45) is 50.0. The second-order valence-corrected chi connectivity index (χ2v) is 13.0. The van der Waals surface area contributed by atoms with Crippen molar-refractivity contribution in [2.75, 3.05) is 13.2 Å². The molecule has 0 fully saturated rings. The minimum Gasteiger partial charge on any atom is -0.462 e. The van der Waals surface area contributed by atoms with Crippen molar-refractivity contribution in [1.29, 1.82) is 0 Å². The predicted molar refractivity (Wildman–Crippen MR) is 205 cm³/mol. The summed E-state index contributed by atoms with van der Waals surface area (Å²) in [5.41, 5.74) is 0. The Labute approximate surface area is 296 Å². The largest absolute Gasteiger partial charge is 0.462 e. The zero-order valence-electron chi connectivity index (χ0n) is 31.2. The molecule has 0 aliphatic heterocycles. The lowest BCUT2D eigenvalue weighted by atomic mass is 10.1. The molecular weight excluding hydrogens is 596 g/mol. The van der Waals surface area contributed by atoms with E-state index < -0.39 is 6.10 Å². The van der Waals surface area contributed by atoms with Gasteiger partial charge < -0.3 is 14.6 Å². The zero-order chi connectivity index (χ0) is 35.0. The van der Waals surface area contributed by atoms with Crippen LogP contribution in [0, 0.1) is 0 Å². The smallest absolute Gasteiger partial charge is 0.306 e. The van der Waals surface area contributed by atoms with Gasteiger partial charge in [0.2, 0.25) is 0 Å². The molecule has 0 aromatic heterocycles. The van der Waals surface area contributed by atoms with Crippen molar-refractivity contribution in [3.8, 4) is 0 Å². The van der Waals surface area contributed by atoms with Gasteiger partial charge in [-0.3, -0.25) is 9.59 Å². The van der Waals surface area contributed by atoms with Crippen molar-refractivity contribution in [2.24, 2.45) is 0 Å². The van der Waals surface area contributed by atoms with Gasteiger partial charge in [0, 0.05) is 12.8 Å². The predicted octanol–water partition coefficient (Wildman–Crippen LogP) is 12.4. The third kappa shape index (κ3) is 36.4. The number of allylic oxidation sites excluding steroid dienone is 10.